The van der Waals surface area contributed by atoms with Crippen LogP contribution in [0.2, 0.25) is 6.32 Å². The quantitative estimate of drug-likeness (QED) is 0.470. The second kappa shape index (κ2) is 3.98. The second-order valence-electron chi connectivity index (χ2n) is 1.62. The van der Waals surface area contributed by atoms with E-state index in [1.54, 1.807) is 0 Å². The molecule has 0 heterocycles. The molecular weight excluding hydrogens is 82.9 g/mol. The molecule has 0 unspecified atom stereocenters. The van der Waals surface area contributed by atoms with Crippen molar-refractivity contribution in [2.24, 2.45) is 0 Å². The Hall–Kier alpha value is -0.195. The van der Waals surface area contributed by atoms with E-state index in [0.29, 0.717) is 0 Å². The molecule has 0 rings (SSSR count). The molecule has 0 bridgehead atoms. The molecule has 0 atom stereocenters. The molecular formula is C6H12B. The predicted octanol–water partition coefficient (Wildman–Crippen LogP) is 2.05. The Morgan fingerprint density at radius 2 is 2.14 bits per heavy atom. The minimum Gasteiger partial charge on any atom is -0.116 e. The second-order valence-corrected chi connectivity index (χ2v) is 1.62. The Balaban J connectivity index is 3.00. The summed E-state index contributed by atoms with van der Waals surface area (Å²) in [6.45, 7) is 8.05. The van der Waals surface area contributed by atoms with E-state index in [1.165, 1.54) is 5.47 Å². The highest BCUT2D eigenvalue weighted by Gasteiger charge is 1.86. The summed E-state index contributed by atoms with van der Waals surface area (Å²) in [5, 5.41) is 0. The van der Waals surface area contributed by atoms with Gasteiger partial charge in [-0.1, -0.05) is 20.2 Å². The molecule has 0 saturated carbocycles. The third-order valence-electron chi connectivity index (χ3n) is 0.947. The minimum absolute atomic E-state index is 1.09. The third-order valence-corrected chi connectivity index (χ3v) is 0.947. The van der Waals surface area contributed by atoms with Crippen molar-refractivity contribution in [1.82, 2.24) is 0 Å². The van der Waals surface area contributed by atoms with Crippen LogP contribution in [0.15, 0.2) is 12.1 Å². The van der Waals surface area contributed by atoms with Gasteiger partial charge in [-0.2, -0.15) is 0 Å². The molecule has 0 N–H and O–H groups in total. The first kappa shape index (κ1) is 6.80. The van der Waals surface area contributed by atoms with Crippen LogP contribution in [-0.2, 0) is 0 Å². The molecule has 0 aromatic carbocycles. The Bertz CT molecular complexity index is 57.2. The van der Waals surface area contributed by atoms with Crippen LogP contribution >= 0.6 is 0 Å². The van der Waals surface area contributed by atoms with Gasteiger partial charge in [-0.15, -0.1) is 12.1 Å². The first-order chi connectivity index (χ1) is 3.31. The topological polar surface area (TPSA) is 0 Å². The molecule has 0 fully saturated rings. The van der Waals surface area contributed by atoms with Crippen molar-refractivity contribution >= 4 is 7.28 Å². The average molecular weight is 95.0 g/mol. The third kappa shape index (κ3) is 3.64. The SMILES string of the molecule is C=C([B]CC)CC. The maximum Gasteiger partial charge on any atom is 0.144 e. The Morgan fingerprint density at radius 3 is 2.29 bits per heavy atom. The maximum absolute atomic E-state index is 3.81. The van der Waals surface area contributed by atoms with Crippen LogP contribution in [0.25, 0.3) is 0 Å². The molecule has 0 aromatic heterocycles. The van der Waals surface area contributed by atoms with Crippen molar-refractivity contribution in [3.8, 4) is 0 Å². The summed E-state index contributed by atoms with van der Waals surface area (Å²) in [7, 11) is 2.15. The van der Waals surface area contributed by atoms with Crippen molar-refractivity contribution in [2.45, 2.75) is 26.6 Å². The van der Waals surface area contributed by atoms with Crippen LogP contribution in [0.3, 0.4) is 0 Å². The highest BCUT2D eigenvalue weighted by atomic mass is 13.7. The van der Waals surface area contributed by atoms with E-state index in [9.17, 15) is 0 Å². The van der Waals surface area contributed by atoms with E-state index >= 15 is 0 Å². The highest BCUT2D eigenvalue weighted by Crippen LogP contribution is 1.94. The zero-order valence-corrected chi connectivity index (χ0v) is 5.20. The minimum atomic E-state index is 1.09. The zero-order valence-electron chi connectivity index (χ0n) is 5.20. The summed E-state index contributed by atoms with van der Waals surface area (Å²) in [4.78, 5) is 0. The molecule has 0 nitrogen and oxygen atoms in total. The fraction of sp³-hybridized carbons (Fsp3) is 0.667. The van der Waals surface area contributed by atoms with E-state index in [1.807, 2.05) is 0 Å². The van der Waals surface area contributed by atoms with Crippen molar-refractivity contribution in [2.75, 3.05) is 0 Å². The van der Waals surface area contributed by atoms with E-state index in [4.69, 9.17) is 0 Å². The predicted molar refractivity (Wildman–Crippen MR) is 35.7 cm³/mol. The van der Waals surface area contributed by atoms with Crippen LogP contribution in [0, 0.1) is 0 Å². The molecule has 0 aliphatic heterocycles. The summed E-state index contributed by atoms with van der Waals surface area (Å²) in [5.74, 6) is 0. The lowest BCUT2D eigenvalue weighted by Crippen LogP contribution is -1.88. The van der Waals surface area contributed by atoms with Crippen LogP contribution in [-0.4, -0.2) is 7.28 Å². The largest absolute Gasteiger partial charge is 0.144 e. The van der Waals surface area contributed by atoms with Gasteiger partial charge in [-0.05, 0) is 6.42 Å². The molecule has 1 radical (unpaired) electrons. The summed E-state index contributed by atoms with van der Waals surface area (Å²) in [5.41, 5.74) is 1.25. The molecule has 0 saturated heterocycles. The van der Waals surface area contributed by atoms with Crippen LogP contribution in [0.5, 0.6) is 0 Å². The summed E-state index contributed by atoms with van der Waals surface area (Å²) < 4.78 is 0. The lowest BCUT2D eigenvalue weighted by Gasteiger charge is -1.92. The lowest BCUT2D eigenvalue weighted by molar-refractivity contribution is 1.19. The number of rotatable bonds is 3. The van der Waals surface area contributed by atoms with Crippen molar-refractivity contribution in [3.63, 3.8) is 0 Å². The Morgan fingerprint density at radius 1 is 1.57 bits per heavy atom. The van der Waals surface area contributed by atoms with Gasteiger partial charge in [-0.25, -0.2) is 0 Å². The summed E-state index contributed by atoms with van der Waals surface area (Å²) >= 11 is 0. The summed E-state index contributed by atoms with van der Waals surface area (Å²) in [6.07, 6.45) is 2.21. The maximum atomic E-state index is 3.81. The molecule has 1 heteroatoms. The van der Waals surface area contributed by atoms with Crippen molar-refractivity contribution in [1.29, 1.82) is 0 Å². The molecule has 39 valence electrons. The monoisotopic (exact) mass is 95.1 g/mol. The number of allylic oxidation sites excluding steroid dienone is 1. The van der Waals surface area contributed by atoms with Gasteiger partial charge in [0.2, 0.25) is 0 Å². The van der Waals surface area contributed by atoms with E-state index < -0.39 is 0 Å². The number of hydrogen-bond acceptors (Lipinski definition) is 0. The molecule has 0 amide bonds. The van der Waals surface area contributed by atoms with Crippen molar-refractivity contribution < 1.29 is 0 Å². The average Bonchev–Trinajstić information content (AvgIpc) is 1.68. The fourth-order valence-corrected chi connectivity index (χ4v) is 0.433. The molecule has 7 heavy (non-hydrogen) atoms. The first-order valence-electron chi connectivity index (χ1n) is 2.82. The summed E-state index contributed by atoms with van der Waals surface area (Å²) in [6, 6.07) is 0. The Kier molecular flexibility index (Phi) is 3.87. The first-order valence-corrected chi connectivity index (χ1v) is 2.82. The van der Waals surface area contributed by atoms with Gasteiger partial charge in [0.25, 0.3) is 0 Å². The van der Waals surface area contributed by atoms with Crippen LogP contribution in [0.4, 0.5) is 0 Å². The van der Waals surface area contributed by atoms with Gasteiger partial charge in [-0.3, -0.25) is 0 Å². The van der Waals surface area contributed by atoms with Crippen molar-refractivity contribution in [3.05, 3.63) is 12.1 Å². The molecule has 0 aliphatic carbocycles. The van der Waals surface area contributed by atoms with Crippen LogP contribution in [0.1, 0.15) is 20.3 Å². The van der Waals surface area contributed by atoms with Crippen LogP contribution < -0.4 is 0 Å². The van der Waals surface area contributed by atoms with Gasteiger partial charge in [0.05, 0.1) is 0 Å². The van der Waals surface area contributed by atoms with E-state index in [2.05, 4.69) is 27.7 Å². The molecule has 0 spiro atoms. The standard InChI is InChI=1S/C6H12B/c1-4-6(3)7-5-2/h3-5H2,1-2H3. The Labute approximate surface area is 46.9 Å². The smallest absolute Gasteiger partial charge is 0.116 e. The lowest BCUT2D eigenvalue weighted by atomic mass is 9.67. The highest BCUT2D eigenvalue weighted by molar-refractivity contribution is 6.44. The molecule has 0 aromatic rings. The van der Waals surface area contributed by atoms with Gasteiger partial charge < -0.3 is 0 Å². The van der Waals surface area contributed by atoms with Gasteiger partial charge in [0.15, 0.2) is 0 Å². The fourth-order valence-electron chi connectivity index (χ4n) is 0.433. The van der Waals surface area contributed by atoms with E-state index in [-0.39, 0.29) is 0 Å². The van der Waals surface area contributed by atoms with Gasteiger partial charge >= 0.3 is 0 Å². The van der Waals surface area contributed by atoms with Gasteiger partial charge in [0, 0.05) is 0 Å². The molecule has 0 aliphatic rings. The normalized spacial score (nSPS) is 8.29. The number of hydrogen-bond donors (Lipinski definition) is 0. The zero-order chi connectivity index (χ0) is 5.70. The van der Waals surface area contributed by atoms with E-state index in [0.717, 1.165) is 12.7 Å². The van der Waals surface area contributed by atoms with Gasteiger partial charge in [0.1, 0.15) is 7.28 Å².